The molecule has 29 heavy (non-hydrogen) atoms. The summed E-state index contributed by atoms with van der Waals surface area (Å²) in [5.41, 5.74) is 4.82. The van der Waals surface area contributed by atoms with Crippen molar-refractivity contribution < 1.29 is 14.7 Å². The second kappa shape index (κ2) is 5.55. The summed E-state index contributed by atoms with van der Waals surface area (Å²) in [5, 5.41) is 12.4. The van der Waals surface area contributed by atoms with Crippen LogP contribution in [0.1, 0.15) is 43.0 Å². The predicted octanol–water partition coefficient (Wildman–Crippen LogP) is 2.53. The summed E-state index contributed by atoms with van der Waals surface area (Å²) in [6.07, 6.45) is 4.52. The first-order valence-corrected chi connectivity index (χ1v) is 10.3. The van der Waals surface area contributed by atoms with Crippen molar-refractivity contribution in [1.82, 2.24) is 9.97 Å². The first kappa shape index (κ1) is 16.9. The molecule has 2 aliphatic heterocycles. The number of carbonyl (C=O) groups is 2. The molecule has 148 valence electrons. The summed E-state index contributed by atoms with van der Waals surface area (Å²) in [5.74, 6) is -0.957. The number of benzene rings is 1. The topological polar surface area (TPSA) is 95.4 Å². The second-order valence-electron chi connectivity index (χ2n) is 8.76. The van der Waals surface area contributed by atoms with Crippen molar-refractivity contribution in [3.8, 4) is 11.3 Å². The number of aromatic nitrogens is 2. The number of nitrogens with one attached hydrogen (secondary N) is 1. The molecule has 7 nitrogen and oxygen atoms in total. The molecule has 7 heteroatoms. The summed E-state index contributed by atoms with van der Waals surface area (Å²) in [4.78, 5) is 36.2. The van der Waals surface area contributed by atoms with Crippen LogP contribution in [-0.2, 0) is 27.8 Å². The van der Waals surface area contributed by atoms with E-state index in [-0.39, 0.29) is 5.91 Å². The molecule has 4 aliphatic rings. The minimum Gasteiger partial charge on any atom is -0.481 e. The van der Waals surface area contributed by atoms with Crippen LogP contribution in [0.2, 0.25) is 0 Å². The van der Waals surface area contributed by atoms with Crippen molar-refractivity contribution in [2.75, 3.05) is 16.8 Å². The number of carboxylic acid groups (broad SMARTS) is 1. The van der Waals surface area contributed by atoms with Crippen molar-refractivity contribution in [2.45, 2.75) is 50.5 Å². The number of aliphatic carboxylic acids is 1. The van der Waals surface area contributed by atoms with Gasteiger partial charge in [-0.3, -0.25) is 9.59 Å². The third-order valence-corrected chi connectivity index (χ3v) is 7.18. The normalized spacial score (nSPS) is 28.7. The van der Waals surface area contributed by atoms with E-state index in [2.05, 4.69) is 17.1 Å². The number of fused-ring (bicyclic) bond motifs is 3. The largest absolute Gasteiger partial charge is 0.481 e. The summed E-state index contributed by atoms with van der Waals surface area (Å²) in [6.45, 7) is 3.17. The molecule has 1 amide bonds. The summed E-state index contributed by atoms with van der Waals surface area (Å²) in [7, 11) is 0. The Labute approximate surface area is 168 Å². The molecule has 0 bridgehead atoms. The molecule has 1 aromatic carbocycles. The fraction of sp³-hybridized carbons (Fsp3) is 0.455. The third-order valence-electron chi connectivity index (χ3n) is 7.18. The van der Waals surface area contributed by atoms with Crippen molar-refractivity contribution in [2.24, 2.45) is 5.92 Å². The highest BCUT2D eigenvalue weighted by Gasteiger charge is 2.68. The van der Waals surface area contributed by atoms with Crippen molar-refractivity contribution in [3.63, 3.8) is 0 Å². The van der Waals surface area contributed by atoms with Gasteiger partial charge in [0.1, 0.15) is 0 Å². The van der Waals surface area contributed by atoms with E-state index in [0.717, 1.165) is 66.4 Å². The molecule has 0 radical (unpaired) electrons. The maximum atomic E-state index is 12.6. The lowest BCUT2D eigenvalue weighted by atomic mass is 9.92. The van der Waals surface area contributed by atoms with E-state index in [1.165, 1.54) is 5.56 Å². The van der Waals surface area contributed by atoms with Crippen molar-refractivity contribution in [1.29, 1.82) is 0 Å². The van der Waals surface area contributed by atoms with Gasteiger partial charge in [0.2, 0.25) is 11.9 Å². The van der Waals surface area contributed by atoms with Gasteiger partial charge in [-0.2, -0.15) is 0 Å². The van der Waals surface area contributed by atoms with E-state index in [1.807, 2.05) is 18.2 Å². The Morgan fingerprint density at radius 1 is 1.31 bits per heavy atom. The lowest BCUT2D eigenvalue weighted by Gasteiger charge is -2.39. The van der Waals surface area contributed by atoms with Crippen molar-refractivity contribution in [3.05, 3.63) is 35.0 Å². The molecule has 0 unspecified atom stereocenters. The summed E-state index contributed by atoms with van der Waals surface area (Å²) in [6, 6.07) is 6.32. The molecule has 1 spiro atoms. The molecule has 1 aromatic heterocycles. The van der Waals surface area contributed by atoms with Crippen LogP contribution in [0.4, 0.5) is 11.6 Å². The van der Waals surface area contributed by atoms with Crippen LogP contribution in [-0.4, -0.2) is 39.5 Å². The molecular weight excluding hydrogens is 368 g/mol. The Bertz CT molecular complexity index is 1100. The van der Waals surface area contributed by atoms with Gasteiger partial charge in [0.25, 0.3) is 0 Å². The Morgan fingerprint density at radius 2 is 2.17 bits per heavy atom. The molecule has 2 aromatic rings. The number of rotatable bonds is 3. The highest BCUT2D eigenvalue weighted by atomic mass is 16.4. The number of amides is 1. The molecule has 2 aliphatic carbocycles. The smallest absolute Gasteiger partial charge is 0.307 e. The first-order chi connectivity index (χ1) is 14.0. The van der Waals surface area contributed by atoms with Gasteiger partial charge in [0, 0.05) is 35.1 Å². The van der Waals surface area contributed by atoms with E-state index >= 15 is 0 Å². The van der Waals surface area contributed by atoms with E-state index in [1.54, 1.807) is 0 Å². The van der Waals surface area contributed by atoms with E-state index in [9.17, 15) is 14.7 Å². The summed E-state index contributed by atoms with van der Waals surface area (Å²) < 4.78 is 0. The number of carbonyl (C=O) groups excluding carboxylic acids is 1. The van der Waals surface area contributed by atoms with Gasteiger partial charge in [-0.15, -0.1) is 0 Å². The SMILES string of the molecule is C[C@@H]1CCN1c1nc2c(c(-c3ccc4c(c3)[C@]3(C[C@H]3C(=O)O)C(=O)N4)n1)CCC2. The van der Waals surface area contributed by atoms with Gasteiger partial charge in [-0.1, -0.05) is 6.07 Å². The average Bonchev–Trinajstić information content (AvgIpc) is 3.18. The van der Waals surface area contributed by atoms with Gasteiger partial charge in [0.05, 0.1) is 17.0 Å². The Kier molecular flexibility index (Phi) is 3.25. The van der Waals surface area contributed by atoms with Gasteiger partial charge in [-0.05, 0) is 56.7 Å². The molecule has 2 fully saturated rings. The molecule has 3 heterocycles. The first-order valence-electron chi connectivity index (χ1n) is 10.3. The third kappa shape index (κ3) is 2.18. The zero-order chi connectivity index (χ0) is 19.9. The standard InChI is InChI=1S/C22H22N4O3/c1-11-7-8-26(11)21-24-16-4-2-3-13(16)18(25-21)12-5-6-17-14(9-12)22(20(29)23-17)10-15(22)19(27)28/h5-6,9,11,15H,2-4,7-8,10H2,1H3,(H,23,29)(H,27,28)/t11-,15+,22+/m1/s1. The number of carboxylic acids is 1. The molecular formula is C22H22N4O3. The number of anilines is 2. The van der Waals surface area contributed by atoms with Crippen LogP contribution in [0.25, 0.3) is 11.3 Å². The lowest BCUT2D eigenvalue weighted by Crippen LogP contribution is -2.46. The van der Waals surface area contributed by atoms with Crippen molar-refractivity contribution >= 4 is 23.5 Å². The Balaban J connectivity index is 1.48. The molecule has 6 rings (SSSR count). The molecule has 1 saturated carbocycles. The van der Waals surface area contributed by atoms with Gasteiger partial charge in [0.15, 0.2) is 0 Å². The van der Waals surface area contributed by atoms with Crippen LogP contribution >= 0.6 is 0 Å². The van der Waals surface area contributed by atoms with Crippen LogP contribution < -0.4 is 10.2 Å². The quantitative estimate of drug-likeness (QED) is 0.836. The maximum Gasteiger partial charge on any atom is 0.307 e. The number of hydrogen-bond donors (Lipinski definition) is 2. The maximum absolute atomic E-state index is 12.6. The number of nitrogens with zero attached hydrogens (tertiary/aromatic N) is 3. The van der Waals surface area contributed by atoms with Gasteiger partial charge >= 0.3 is 5.97 Å². The zero-order valence-corrected chi connectivity index (χ0v) is 16.2. The van der Waals surface area contributed by atoms with Crippen LogP contribution in [0.5, 0.6) is 0 Å². The molecule has 2 N–H and O–H groups in total. The second-order valence-corrected chi connectivity index (χ2v) is 8.76. The highest BCUT2D eigenvalue weighted by Crippen LogP contribution is 2.60. The number of aryl methyl sites for hydroxylation is 1. The minimum atomic E-state index is -0.914. The van der Waals surface area contributed by atoms with E-state index < -0.39 is 17.3 Å². The van der Waals surface area contributed by atoms with E-state index in [0.29, 0.717) is 12.5 Å². The van der Waals surface area contributed by atoms with Crippen LogP contribution in [0, 0.1) is 5.92 Å². The number of hydrogen-bond acceptors (Lipinski definition) is 5. The lowest BCUT2D eigenvalue weighted by molar-refractivity contribution is -0.140. The molecule has 1 saturated heterocycles. The van der Waals surface area contributed by atoms with Gasteiger partial charge in [-0.25, -0.2) is 9.97 Å². The van der Waals surface area contributed by atoms with E-state index in [4.69, 9.17) is 9.97 Å². The monoisotopic (exact) mass is 390 g/mol. The summed E-state index contributed by atoms with van der Waals surface area (Å²) >= 11 is 0. The van der Waals surface area contributed by atoms with Gasteiger partial charge < -0.3 is 15.3 Å². The zero-order valence-electron chi connectivity index (χ0n) is 16.2. The Morgan fingerprint density at radius 3 is 2.86 bits per heavy atom. The van der Waals surface area contributed by atoms with Crippen LogP contribution in [0.3, 0.4) is 0 Å². The fourth-order valence-corrected chi connectivity index (χ4v) is 5.24. The predicted molar refractivity (Wildman–Crippen MR) is 107 cm³/mol. The highest BCUT2D eigenvalue weighted by molar-refractivity contribution is 6.12. The van der Waals surface area contributed by atoms with Crippen LogP contribution in [0.15, 0.2) is 18.2 Å². The minimum absolute atomic E-state index is 0.194. The molecule has 3 atom stereocenters. The Hall–Kier alpha value is -2.96. The fourth-order valence-electron chi connectivity index (χ4n) is 5.24. The average molecular weight is 390 g/mol.